The third-order valence-electron chi connectivity index (χ3n) is 6.48. The predicted octanol–water partition coefficient (Wildman–Crippen LogP) is 8.22. The van der Waals surface area contributed by atoms with Gasteiger partial charge in [0.15, 0.2) is 11.6 Å². The minimum absolute atomic E-state index is 0.598. The first-order chi connectivity index (χ1) is 17.7. The highest BCUT2D eigenvalue weighted by Gasteiger charge is 2.18. The van der Waals surface area contributed by atoms with Crippen molar-refractivity contribution in [2.45, 2.75) is 0 Å². The lowest BCUT2D eigenvalue weighted by Gasteiger charge is -2.11. The van der Waals surface area contributed by atoms with Crippen molar-refractivity contribution in [3.8, 4) is 28.7 Å². The van der Waals surface area contributed by atoms with E-state index in [1.807, 2.05) is 60.7 Å². The molecule has 0 aliphatic rings. The van der Waals surface area contributed by atoms with Crippen molar-refractivity contribution in [3.05, 3.63) is 120 Å². The van der Waals surface area contributed by atoms with Crippen LogP contribution in [-0.4, -0.2) is 19.5 Å². The average molecular weight is 527 g/mol. The molecule has 2 heterocycles. The fourth-order valence-electron chi connectivity index (χ4n) is 4.79. The van der Waals surface area contributed by atoms with Gasteiger partial charge in [0, 0.05) is 26.4 Å². The summed E-state index contributed by atoms with van der Waals surface area (Å²) < 4.78 is 3.19. The first-order valence-electron chi connectivity index (χ1n) is 11.7. The van der Waals surface area contributed by atoms with E-state index in [2.05, 4.69) is 75.1 Å². The number of hydrogen-bond acceptors (Lipinski definition) is 3. The van der Waals surface area contributed by atoms with E-state index in [1.54, 1.807) is 0 Å². The Kier molecular flexibility index (Phi) is 4.89. The maximum Gasteiger partial charge on any atom is 0.238 e. The Labute approximate surface area is 216 Å². The highest BCUT2D eigenvalue weighted by atomic mass is 79.9. The second-order valence-electron chi connectivity index (χ2n) is 8.73. The van der Waals surface area contributed by atoms with Gasteiger partial charge >= 0.3 is 0 Å². The minimum Gasteiger partial charge on any atom is -0.278 e. The molecule has 0 unspecified atom stereocenters. The molecular formula is C31H19BrN4. The molecule has 0 bridgehead atoms. The van der Waals surface area contributed by atoms with Crippen molar-refractivity contribution >= 4 is 48.5 Å². The summed E-state index contributed by atoms with van der Waals surface area (Å²) in [5.74, 6) is 1.89. The number of halogens is 1. The van der Waals surface area contributed by atoms with Crippen LogP contribution in [0.1, 0.15) is 0 Å². The lowest BCUT2D eigenvalue weighted by Crippen LogP contribution is -2.06. The molecular weight excluding hydrogens is 508 g/mol. The normalized spacial score (nSPS) is 11.5. The average Bonchev–Trinajstić information content (AvgIpc) is 3.25. The maximum atomic E-state index is 5.00. The smallest absolute Gasteiger partial charge is 0.238 e. The van der Waals surface area contributed by atoms with Crippen LogP contribution in [0.5, 0.6) is 0 Å². The highest BCUT2D eigenvalue weighted by Crippen LogP contribution is 2.36. The number of fused-ring (bicyclic) bond motifs is 4. The molecule has 2 aromatic heterocycles. The Morgan fingerprint density at radius 1 is 0.500 bits per heavy atom. The summed E-state index contributed by atoms with van der Waals surface area (Å²) in [7, 11) is 0. The number of nitrogens with zero attached hydrogens (tertiary/aromatic N) is 4. The van der Waals surface area contributed by atoms with Crippen LogP contribution in [0.15, 0.2) is 120 Å². The van der Waals surface area contributed by atoms with Crippen LogP contribution in [0.4, 0.5) is 0 Å². The molecule has 0 saturated carbocycles. The van der Waals surface area contributed by atoms with E-state index in [9.17, 15) is 0 Å². The molecule has 0 aliphatic heterocycles. The Bertz CT molecular complexity index is 1840. The molecule has 0 radical (unpaired) electrons. The fourth-order valence-corrected chi connectivity index (χ4v) is 5.15. The van der Waals surface area contributed by atoms with E-state index in [-0.39, 0.29) is 0 Å². The number of rotatable bonds is 3. The summed E-state index contributed by atoms with van der Waals surface area (Å²) in [6.45, 7) is 0. The Morgan fingerprint density at radius 3 is 1.69 bits per heavy atom. The lowest BCUT2D eigenvalue weighted by atomic mass is 10.1. The van der Waals surface area contributed by atoms with E-state index >= 15 is 0 Å². The third-order valence-corrected chi connectivity index (χ3v) is 6.98. The van der Waals surface area contributed by atoms with Gasteiger partial charge in [-0.15, -0.1) is 0 Å². The molecule has 7 aromatic rings. The predicted molar refractivity (Wildman–Crippen MR) is 150 cm³/mol. The van der Waals surface area contributed by atoms with Gasteiger partial charge in [0.05, 0.1) is 11.0 Å². The van der Waals surface area contributed by atoms with Crippen LogP contribution in [-0.2, 0) is 0 Å². The van der Waals surface area contributed by atoms with Gasteiger partial charge in [-0.25, -0.2) is 4.98 Å². The van der Waals surface area contributed by atoms with Gasteiger partial charge in [-0.05, 0) is 41.1 Å². The van der Waals surface area contributed by atoms with Gasteiger partial charge in [0.2, 0.25) is 5.95 Å². The topological polar surface area (TPSA) is 43.6 Å². The summed E-state index contributed by atoms with van der Waals surface area (Å²) in [4.78, 5) is 14.9. The van der Waals surface area contributed by atoms with Crippen LogP contribution in [0, 0.1) is 0 Å². The second-order valence-corrected chi connectivity index (χ2v) is 9.64. The molecule has 0 fully saturated rings. The fraction of sp³-hybridized carbons (Fsp3) is 0. The third kappa shape index (κ3) is 3.48. The molecule has 0 N–H and O–H groups in total. The molecule has 170 valence electrons. The number of aromatic nitrogens is 4. The molecule has 5 aromatic carbocycles. The molecule has 36 heavy (non-hydrogen) atoms. The molecule has 0 aliphatic carbocycles. The largest absolute Gasteiger partial charge is 0.278 e. The van der Waals surface area contributed by atoms with E-state index < -0.39 is 0 Å². The molecule has 0 saturated heterocycles. The molecule has 7 rings (SSSR count). The van der Waals surface area contributed by atoms with Gasteiger partial charge in [0.1, 0.15) is 0 Å². The van der Waals surface area contributed by atoms with Gasteiger partial charge in [-0.1, -0.05) is 101 Å². The first kappa shape index (κ1) is 21.0. The van der Waals surface area contributed by atoms with E-state index in [0.29, 0.717) is 17.6 Å². The van der Waals surface area contributed by atoms with Crippen LogP contribution < -0.4 is 0 Å². The number of benzene rings is 5. The monoisotopic (exact) mass is 526 g/mol. The summed E-state index contributed by atoms with van der Waals surface area (Å²) in [6, 6.07) is 39.4. The molecule has 4 nitrogen and oxygen atoms in total. The first-order valence-corrected chi connectivity index (χ1v) is 12.5. The quantitative estimate of drug-likeness (QED) is 0.233. The summed E-state index contributed by atoms with van der Waals surface area (Å²) >= 11 is 3.67. The van der Waals surface area contributed by atoms with Gasteiger partial charge < -0.3 is 0 Å². The minimum atomic E-state index is 0.598. The zero-order valence-corrected chi connectivity index (χ0v) is 20.7. The maximum absolute atomic E-state index is 5.00. The van der Waals surface area contributed by atoms with Crippen LogP contribution in [0.25, 0.3) is 61.3 Å². The van der Waals surface area contributed by atoms with E-state index in [1.165, 1.54) is 10.8 Å². The van der Waals surface area contributed by atoms with Crippen molar-refractivity contribution in [1.82, 2.24) is 19.5 Å². The van der Waals surface area contributed by atoms with Crippen molar-refractivity contribution in [3.63, 3.8) is 0 Å². The van der Waals surface area contributed by atoms with Gasteiger partial charge in [-0.2, -0.15) is 9.97 Å². The van der Waals surface area contributed by atoms with Crippen LogP contribution in [0.3, 0.4) is 0 Å². The Hall–Kier alpha value is -4.35. The van der Waals surface area contributed by atoms with E-state index in [4.69, 9.17) is 15.0 Å². The second kappa shape index (κ2) is 8.40. The molecule has 0 atom stereocenters. The van der Waals surface area contributed by atoms with Crippen molar-refractivity contribution in [2.75, 3.05) is 0 Å². The van der Waals surface area contributed by atoms with Crippen molar-refractivity contribution in [1.29, 1.82) is 0 Å². The summed E-state index contributed by atoms with van der Waals surface area (Å²) in [6.07, 6.45) is 0. The SMILES string of the molecule is Brc1ccc2c(c1)c1cc3ccccc3cc1n2-c1nc(-c2ccccc2)nc(-c2ccccc2)n1. The Morgan fingerprint density at radius 2 is 1.06 bits per heavy atom. The van der Waals surface area contributed by atoms with E-state index in [0.717, 1.165) is 37.4 Å². The highest BCUT2D eigenvalue weighted by molar-refractivity contribution is 9.10. The zero-order chi connectivity index (χ0) is 24.1. The zero-order valence-electron chi connectivity index (χ0n) is 19.1. The molecule has 0 spiro atoms. The van der Waals surface area contributed by atoms with Crippen molar-refractivity contribution < 1.29 is 0 Å². The molecule has 5 heteroatoms. The lowest BCUT2D eigenvalue weighted by molar-refractivity contribution is 0.954. The van der Waals surface area contributed by atoms with Crippen LogP contribution >= 0.6 is 15.9 Å². The Balaban J connectivity index is 1.60. The number of hydrogen-bond donors (Lipinski definition) is 0. The van der Waals surface area contributed by atoms with Gasteiger partial charge in [0.25, 0.3) is 0 Å². The standard InChI is InChI=1S/C31H19BrN4/c32-24-15-16-27-26(19-24)25-17-22-13-7-8-14-23(22)18-28(25)36(27)31-34-29(20-9-3-1-4-10-20)33-30(35-31)21-11-5-2-6-12-21/h1-19H. The van der Waals surface area contributed by atoms with Gasteiger partial charge in [-0.3, -0.25) is 4.57 Å². The van der Waals surface area contributed by atoms with Crippen molar-refractivity contribution in [2.24, 2.45) is 0 Å². The van der Waals surface area contributed by atoms with Crippen LogP contribution in [0.2, 0.25) is 0 Å². The summed E-state index contributed by atoms with van der Waals surface area (Å²) in [5.41, 5.74) is 4.01. The molecule has 0 amide bonds. The summed E-state index contributed by atoms with van der Waals surface area (Å²) in [5, 5.41) is 4.68.